The van der Waals surface area contributed by atoms with Crippen LogP contribution in [0.2, 0.25) is 0 Å². The van der Waals surface area contributed by atoms with Crippen molar-refractivity contribution in [2.75, 3.05) is 17.2 Å². The Hall–Kier alpha value is -4.13. The summed E-state index contributed by atoms with van der Waals surface area (Å²) in [7, 11) is 0. The van der Waals surface area contributed by atoms with Gasteiger partial charge in [0.25, 0.3) is 5.91 Å². The van der Waals surface area contributed by atoms with Crippen LogP contribution >= 0.6 is 0 Å². The van der Waals surface area contributed by atoms with Crippen molar-refractivity contribution in [2.24, 2.45) is 0 Å². The fourth-order valence-electron chi connectivity index (χ4n) is 2.97. The lowest BCUT2D eigenvalue weighted by atomic mass is 10.2. The Bertz CT molecular complexity index is 1080. The number of ether oxygens (including phenoxy) is 2. The summed E-state index contributed by atoms with van der Waals surface area (Å²) in [4.78, 5) is 35.7. The van der Waals surface area contributed by atoms with Crippen molar-refractivity contribution in [1.29, 1.82) is 0 Å². The summed E-state index contributed by atoms with van der Waals surface area (Å²) in [6, 6.07) is 23.7. The number of hydrogen-bond donors (Lipinski definition) is 2. The zero-order valence-corrected chi connectivity index (χ0v) is 18.4. The summed E-state index contributed by atoms with van der Waals surface area (Å²) >= 11 is 0. The van der Waals surface area contributed by atoms with Gasteiger partial charge in [-0.25, -0.2) is 0 Å². The molecule has 0 radical (unpaired) electrons. The fourth-order valence-corrected chi connectivity index (χ4v) is 2.97. The number of carbonyl (C=O) groups excluding carboxylic acids is 3. The van der Waals surface area contributed by atoms with E-state index < -0.39 is 11.9 Å². The number of rotatable bonds is 10. The number of nitrogens with one attached hydrogen (secondary N) is 2. The van der Waals surface area contributed by atoms with Crippen LogP contribution in [0.1, 0.15) is 24.8 Å². The second-order valence-electron chi connectivity index (χ2n) is 7.42. The van der Waals surface area contributed by atoms with Gasteiger partial charge in [0.05, 0.1) is 0 Å². The van der Waals surface area contributed by atoms with Gasteiger partial charge in [-0.3, -0.25) is 14.4 Å². The number of anilines is 2. The van der Waals surface area contributed by atoms with Crippen LogP contribution in [0.5, 0.6) is 11.5 Å². The largest absolute Gasteiger partial charge is 0.457 e. The van der Waals surface area contributed by atoms with Crippen LogP contribution in [0.15, 0.2) is 78.9 Å². The third kappa shape index (κ3) is 8.49. The van der Waals surface area contributed by atoms with E-state index >= 15 is 0 Å². The van der Waals surface area contributed by atoms with E-state index in [9.17, 15) is 14.4 Å². The predicted molar refractivity (Wildman–Crippen MR) is 126 cm³/mol. The van der Waals surface area contributed by atoms with Gasteiger partial charge in [0.15, 0.2) is 6.61 Å². The van der Waals surface area contributed by atoms with E-state index in [-0.39, 0.29) is 25.4 Å². The van der Waals surface area contributed by atoms with Crippen molar-refractivity contribution in [1.82, 2.24) is 0 Å². The number of aryl methyl sites for hydroxylation is 1. The molecule has 0 unspecified atom stereocenters. The zero-order valence-electron chi connectivity index (χ0n) is 18.4. The van der Waals surface area contributed by atoms with E-state index in [0.29, 0.717) is 23.5 Å². The molecule has 3 aromatic rings. The average Bonchev–Trinajstić information content (AvgIpc) is 2.80. The molecule has 0 aromatic heterocycles. The monoisotopic (exact) mass is 446 g/mol. The summed E-state index contributed by atoms with van der Waals surface area (Å²) in [5, 5.41) is 5.41. The van der Waals surface area contributed by atoms with Crippen molar-refractivity contribution >= 4 is 29.2 Å². The number of esters is 1. The van der Waals surface area contributed by atoms with Crippen molar-refractivity contribution in [3.8, 4) is 11.5 Å². The molecule has 33 heavy (non-hydrogen) atoms. The molecule has 0 aliphatic carbocycles. The quantitative estimate of drug-likeness (QED) is 0.424. The van der Waals surface area contributed by atoms with E-state index in [1.807, 2.05) is 37.3 Å². The first-order chi connectivity index (χ1) is 16.0. The molecule has 2 amide bonds. The van der Waals surface area contributed by atoms with Crippen LogP contribution in [0.4, 0.5) is 11.4 Å². The molecule has 0 aliphatic rings. The smallest absolute Gasteiger partial charge is 0.306 e. The zero-order chi connectivity index (χ0) is 23.5. The molecule has 3 rings (SSSR count). The van der Waals surface area contributed by atoms with Crippen LogP contribution in [0.3, 0.4) is 0 Å². The molecule has 0 heterocycles. The molecule has 170 valence electrons. The van der Waals surface area contributed by atoms with Gasteiger partial charge in [0.2, 0.25) is 5.91 Å². The maximum absolute atomic E-state index is 12.1. The van der Waals surface area contributed by atoms with Gasteiger partial charge < -0.3 is 20.1 Å². The molecule has 0 bridgehead atoms. The lowest BCUT2D eigenvalue weighted by molar-refractivity contribution is -0.147. The first-order valence-electron chi connectivity index (χ1n) is 10.6. The van der Waals surface area contributed by atoms with E-state index in [4.69, 9.17) is 9.47 Å². The van der Waals surface area contributed by atoms with Crippen LogP contribution in [-0.4, -0.2) is 24.4 Å². The molecular formula is C26H26N2O5. The Labute approximate surface area is 192 Å². The van der Waals surface area contributed by atoms with E-state index in [1.54, 1.807) is 48.5 Å². The van der Waals surface area contributed by atoms with Crippen LogP contribution in [-0.2, 0) is 19.1 Å². The SMILES string of the molecule is Cc1cccc(Oc2ccc(NC(=O)CCCC(=O)OCC(=O)Nc3ccccc3)cc2)c1. The molecule has 0 aliphatic heterocycles. The Balaban J connectivity index is 1.32. The second kappa shape index (κ2) is 12.0. The first-order valence-corrected chi connectivity index (χ1v) is 10.6. The van der Waals surface area contributed by atoms with E-state index in [2.05, 4.69) is 10.6 Å². The molecular weight excluding hydrogens is 420 g/mol. The van der Waals surface area contributed by atoms with Crippen molar-refractivity contribution < 1.29 is 23.9 Å². The second-order valence-corrected chi connectivity index (χ2v) is 7.42. The standard InChI is InChI=1S/C26H26N2O5/c1-19-7-5-10-23(17-19)33-22-15-13-21(14-16-22)27-24(29)11-6-12-26(31)32-18-25(30)28-20-8-3-2-4-9-20/h2-5,7-10,13-17H,6,11-12,18H2,1H3,(H,27,29)(H,28,30). The molecule has 7 heteroatoms. The minimum atomic E-state index is -0.524. The van der Waals surface area contributed by atoms with Gasteiger partial charge in [0, 0.05) is 24.2 Å². The minimum Gasteiger partial charge on any atom is -0.457 e. The highest BCUT2D eigenvalue weighted by molar-refractivity contribution is 5.93. The summed E-state index contributed by atoms with van der Waals surface area (Å²) in [5.74, 6) is 0.261. The fraction of sp³-hybridized carbons (Fsp3) is 0.192. The molecule has 0 fully saturated rings. The topological polar surface area (TPSA) is 93.7 Å². The van der Waals surface area contributed by atoms with E-state index in [1.165, 1.54) is 0 Å². The lowest BCUT2D eigenvalue weighted by Crippen LogP contribution is -2.21. The van der Waals surface area contributed by atoms with Crippen LogP contribution in [0.25, 0.3) is 0 Å². The Kier molecular flexibility index (Phi) is 8.59. The van der Waals surface area contributed by atoms with Crippen molar-refractivity contribution in [2.45, 2.75) is 26.2 Å². The summed E-state index contributed by atoms with van der Waals surface area (Å²) in [5.41, 5.74) is 2.37. The van der Waals surface area contributed by atoms with Crippen LogP contribution < -0.4 is 15.4 Å². The third-order valence-electron chi connectivity index (χ3n) is 4.57. The highest BCUT2D eigenvalue weighted by Crippen LogP contribution is 2.23. The maximum Gasteiger partial charge on any atom is 0.306 e. The molecule has 0 atom stereocenters. The van der Waals surface area contributed by atoms with E-state index in [0.717, 1.165) is 11.3 Å². The molecule has 3 aromatic carbocycles. The summed E-state index contributed by atoms with van der Waals surface area (Å²) < 4.78 is 10.7. The third-order valence-corrected chi connectivity index (χ3v) is 4.57. The van der Waals surface area contributed by atoms with Gasteiger partial charge >= 0.3 is 5.97 Å². The number of para-hydroxylation sites is 1. The van der Waals surface area contributed by atoms with Crippen molar-refractivity contribution in [3.63, 3.8) is 0 Å². The highest BCUT2D eigenvalue weighted by atomic mass is 16.5. The first kappa shape index (κ1) is 23.5. The average molecular weight is 447 g/mol. The van der Waals surface area contributed by atoms with Gasteiger partial charge in [0.1, 0.15) is 11.5 Å². The van der Waals surface area contributed by atoms with Gasteiger partial charge in [-0.05, 0) is 67.4 Å². The van der Waals surface area contributed by atoms with Gasteiger partial charge in [-0.15, -0.1) is 0 Å². The number of amides is 2. The lowest BCUT2D eigenvalue weighted by Gasteiger charge is -2.09. The summed E-state index contributed by atoms with van der Waals surface area (Å²) in [6.07, 6.45) is 0.529. The number of hydrogen-bond acceptors (Lipinski definition) is 5. The highest BCUT2D eigenvalue weighted by Gasteiger charge is 2.10. The predicted octanol–water partition coefficient (Wildman–Crippen LogP) is 5.08. The number of carbonyl (C=O) groups is 3. The Morgan fingerprint density at radius 2 is 1.42 bits per heavy atom. The molecule has 0 saturated heterocycles. The molecule has 2 N–H and O–H groups in total. The molecule has 0 spiro atoms. The van der Waals surface area contributed by atoms with Gasteiger partial charge in [-0.2, -0.15) is 0 Å². The summed E-state index contributed by atoms with van der Waals surface area (Å²) in [6.45, 7) is 1.63. The van der Waals surface area contributed by atoms with Crippen molar-refractivity contribution in [3.05, 3.63) is 84.4 Å². The Morgan fingerprint density at radius 3 is 2.15 bits per heavy atom. The molecule has 7 nitrogen and oxygen atoms in total. The maximum atomic E-state index is 12.1. The normalized spacial score (nSPS) is 10.2. The Morgan fingerprint density at radius 1 is 0.727 bits per heavy atom. The minimum absolute atomic E-state index is 0.0509. The van der Waals surface area contributed by atoms with Gasteiger partial charge in [-0.1, -0.05) is 30.3 Å². The van der Waals surface area contributed by atoms with Crippen LogP contribution in [0, 0.1) is 6.92 Å². The number of benzene rings is 3. The molecule has 0 saturated carbocycles.